The summed E-state index contributed by atoms with van der Waals surface area (Å²) in [6, 6.07) is 72.1. The van der Waals surface area contributed by atoms with Crippen LogP contribution in [0.1, 0.15) is 5.56 Å². The molecule has 7 rings (SSSR count). The Kier molecular flexibility index (Phi) is 17.1. The van der Waals surface area contributed by atoms with E-state index in [9.17, 15) is 17.3 Å². The summed E-state index contributed by atoms with van der Waals surface area (Å²) in [6.45, 7) is 3.53. The van der Waals surface area contributed by atoms with E-state index >= 15 is 0 Å². The van der Waals surface area contributed by atoms with Crippen molar-refractivity contribution in [1.29, 1.82) is 0 Å². The van der Waals surface area contributed by atoms with E-state index in [1.165, 1.54) is 43.0 Å². The molecule has 0 aliphatic heterocycles. The maximum atomic E-state index is 9.75. The molecule has 8 heteroatoms. The van der Waals surface area contributed by atoms with Gasteiger partial charge < -0.3 is 17.3 Å². The second-order valence-corrected chi connectivity index (χ2v) is 15.8. The van der Waals surface area contributed by atoms with Gasteiger partial charge in [-0.3, -0.25) is 0 Å². The van der Waals surface area contributed by atoms with Gasteiger partial charge in [-0.15, -0.1) is 5.73 Å². The first-order valence-corrected chi connectivity index (χ1v) is 19.6. The molecule has 7 aromatic rings. The van der Waals surface area contributed by atoms with Crippen molar-refractivity contribution >= 4 is 61.0 Å². The van der Waals surface area contributed by atoms with Crippen LogP contribution in [0.2, 0.25) is 0 Å². The predicted molar refractivity (Wildman–Crippen MR) is 224 cm³/mol. The van der Waals surface area contributed by atoms with Crippen molar-refractivity contribution in [2.45, 2.75) is 0 Å². The molecule has 1 radical (unpaired) electrons. The number of allylic oxidation sites excluding steroid dienone is 1. The maximum absolute atomic E-state index is 9.75. The van der Waals surface area contributed by atoms with Crippen LogP contribution in [-0.2, 0) is 20.4 Å². The van der Waals surface area contributed by atoms with Crippen molar-refractivity contribution in [3.05, 3.63) is 224 Å². The summed E-state index contributed by atoms with van der Waals surface area (Å²) in [4.78, 5) is 0. The van der Waals surface area contributed by atoms with E-state index in [-0.39, 0.29) is 20.4 Å². The molecule has 0 heterocycles. The normalized spacial score (nSPS) is 10.4. The first-order chi connectivity index (χ1) is 25.8. The second kappa shape index (κ2) is 21.9. The van der Waals surface area contributed by atoms with E-state index < -0.39 is 23.1 Å². The van der Waals surface area contributed by atoms with Gasteiger partial charge in [0.15, 0.2) is 0 Å². The van der Waals surface area contributed by atoms with Crippen molar-refractivity contribution in [2.75, 3.05) is 0 Å². The molecule has 0 bridgehead atoms. The molecule has 0 spiro atoms. The van der Waals surface area contributed by atoms with Gasteiger partial charge in [0, 0.05) is 20.4 Å². The molecule has 0 saturated heterocycles. The van der Waals surface area contributed by atoms with E-state index in [2.05, 4.69) is 183 Å². The Bertz CT molecular complexity index is 1970. The molecular formula is C46H37BF4P2Pd-. The van der Waals surface area contributed by atoms with Crippen molar-refractivity contribution in [2.24, 2.45) is 0 Å². The van der Waals surface area contributed by atoms with Crippen LogP contribution in [0.5, 0.6) is 0 Å². The van der Waals surface area contributed by atoms with E-state index in [0.717, 1.165) is 5.56 Å². The zero-order valence-corrected chi connectivity index (χ0v) is 32.6. The quantitative estimate of drug-likeness (QED) is 0.0619. The van der Waals surface area contributed by atoms with E-state index in [4.69, 9.17) is 0 Å². The number of hydrogen-bond donors (Lipinski definition) is 0. The van der Waals surface area contributed by atoms with Crippen molar-refractivity contribution < 1.29 is 37.7 Å². The maximum Gasteiger partial charge on any atom is 0.673 e. The Morgan fingerprint density at radius 1 is 0.407 bits per heavy atom. The molecule has 7 aromatic carbocycles. The second-order valence-electron chi connectivity index (χ2n) is 11.5. The minimum absolute atomic E-state index is 0. The SMILES string of the molecule is F[B-](F)(F)F.[CH2]C=C=Cc1ccccc1.[Pd].c1ccc(P(c2ccccc2)c2ccccc2-c2ccccc2P(c2ccccc2)c2ccccc2)cc1. The Morgan fingerprint density at radius 2 is 0.667 bits per heavy atom. The molecule has 0 N–H and O–H groups in total. The summed E-state index contributed by atoms with van der Waals surface area (Å²) in [5.74, 6) is 0. The summed E-state index contributed by atoms with van der Waals surface area (Å²) in [5, 5.41) is 8.25. The average Bonchev–Trinajstić information content (AvgIpc) is 3.20. The molecule has 0 unspecified atom stereocenters. The van der Waals surface area contributed by atoms with Crippen molar-refractivity contribution in [3.63, 3.8) is 0 Å². The average molecular weight is 845 g/mol. The smallest absolute Gasteiger partial charge is 0.418 e. The van der Waals surface area contributed by atoms with Crippen LogP contribution >= 0.6 is 15.8 Å². The molecule has 0 aromatic heterocycles. The molecule has 54 heavy (non-hydrogen) atoms. The third-order valence-corrected chi connectivity index (χ3v) is 12.8. The summed E-state index contributed by atoms with van der Waals surface area (Å²) in [5.41, 5.74) is 6.70. The Labute approximate surface area is 332 Å². The topological polar surface area (TPSA) is 0 Å². The third-order valence-electron chi connectivity index (χ3n) is 7.81. The monoisotopic (exact) mass is 844 g/mol. The Morgan fingerprint density at radius 3 is 0.963 bits per heavy atom. The van der Waals surface area contributed by atoms with Gasteiger partial charge in [0.25, 0.3) is 0 Å². The molecular weight excluding hydrogens is 808 g/mol. The fourth-order valence-corrected chi connectivity index (χ4v) is 10.6. The van der Waals surface area contributed by atoms with Crippen LogP contribution in [-0.4, -0.2) is 7.25 Å². The number of benzene rings is 7. The van der Waals surface area contributed by atoms with Gasteiger partial charge >= 0.3 is 7.25 Å². The number of halogens is 4. The summed E-state index contributed by atoms with van der Waals surface area (Å²) < 4.78 is 39.0. The van der Waals surface area contributed by atoms with Crippen molar-refractivity contribution in [3.8, 4) is 11.1 Å². The van der Waals surface area contributed by atoms with Gasteiger partial charge in [0.2, 0.25) is 0 Å². The van der Waals surface area contributed by atoms with Crippen LogP contribution < -0.4 is 31.8 Å². The minimum atomic E-state index is -6.00. The standard InChI is InChI=1S/C36H28P2.C10H9.BF4.Pd/c1-5-17-29(18-6-1)37(30-19-7-2-8-20-30)35-27-15-13-25-33(35)34-26-14-16-28-36(34)38(31-21-9-3-10-22-31)32-23-11-4-12-24-32;1-2-3-7-10-8-5-4-6-9-10;2-1(3,4)5;/h1-28H;2,4-9H,1H2;;/q;;-1;. The predicted octanol–water partition coefficient (Wildman–Crippen LogP) is 10.9. The molecule has 0 amide bonds. The summed E-state index contributed by atoms with van der Waals surface area (Å²) in [7, 11) is -7.45. The van der Waals surface area contributed by atoms with E-state index in [1.54, 1.807) is 6.08 Å². The zero-order valence-electron chi connectivity index (χ0n) is 29.2. The van der Waals surface area contributed by atoms with E-state index in [1.807, 2.05) is 36.4 Å². The zero-order chi connectivity index (χ0) is 37.3. The third kappa shape index (κ3) is 12.8. The number of hydrogen-bond acceptors (Lipinski definition) is 0. The van der Waals surface area contributed by atoms with Crippen LogP contribution in [0.3, 0.4) is 0 Å². The van der Waals surface area contributed by atoms with E-state index in [0.29, 0.717) is 0 Å². The first-order valence-electron chi connectivity index (χ1n) is 16.9. The van der Waals surface area contributed by atoms with Crippen molar-refractivity contribution in [1.82, 2.24) is 0 Å². The molecule has 273 valence electrons. The Hall–Kier alpha value is -4.63. The fraction of sp³-hybridized carbons (Fsp3) is 0. The van der Waals surface area contributed by atoms with Crippen LogP contribution in [0.15, 0.2) is 212 Å². The number of rotatable bonds is 8. The minimum Gasteiger partial charge on any atom is -0.418 e. The molecule has 0 aliphatic rings. The fourth-order valence-electron chi connectivity index (χ4n) is 5.66. The molecule has 0 nitrogen and oxygen atoms in total. The van der Waals surface area contributed by atoms with Crippen LogP contribution in [0, 0.1) is 6.92 Å². The largest absolute Gasteiger partial charge is 0.673 e. The molecule has 0 atom stereocenters. The van der Waals surface area contributed by atoms with Gasteiger partial charge in [-0.1, -0.05) is 200 Å². The summed E-state index contributed by atoms with van der Waals surface area (Å²) >= 11 is 0. The summed E-state index contributed by atoms with van der Waals surface area (Å²) in [6.07, 6.45) is 3.54. The van der Waals surface area contributed by atoms with Gasteiger partial charge in [0.05, 0.1) is 0 Å². The van der Waals surface area contributed by atoms with Gasteiger partial charge in [0.1, 0.15) is 0 Å². The van der Waals surface area contributed by atoms with Gasteiger partial charge in [-0.2, -0.15) is 0 Å². The van der Waals surface area contributed by atoms with Crippen LogP contribution in [0.4, 0.5) is 17.3 Å². The first kappa shape index (κ1) is 42.1. The van der Waals surface area contributed by atoms with Gasteiger partial charge in [-0.25, -0.2) is 0 Å². The van der Waals surface area contributed by atoms with Crippen LogP contribution in [0.25, 0.3) is 17.2 Å². The molecule has 0 fully saturated rings. The van der Waals surface area contributed by atoms with Gasteiger partial charge in [-0.05, 0) is 83.4 Å². The molecule has 0 aliphatic carbocycles. The molecule has 0 saturated carbocycles. The Balaban J connectivity index is 0.000000342.